The van der Waals surface area contributed by atoms with Crippen LogP contribution in [0, 0.1) is 17.2 Å². The van der Waals surface area contributed by atoms with Gasteiger partial charge in [-0.25, -0.2) is 4.79 Å². The first kappa shape index (κ1) is 9.25. The monoisotopic (exact) mass is 161 g/mol. The van der Waals surface area contributed by atoms with Crippen LogP contribution < -0.4 is 0 Å². The number of carbonyl (C=O) groups is 1. The Kier molecular flexibility index (Phi) is 2.67. The largest absolute Gasteiger partial charge is 0.479 e. The van der Waals surface area contributed by atoms with Crippen molar-refractivity contribution in [1.29, 1.82) is 5.26 Å². The smallest absolute Gasteiger partial charge is 0.339 e. The molecule has 4 heteroatoms. The summed E-state index contributed by atoms with van der Waals surface area (Å²) in [6.07, 6.45) is 0. The number of hydrogen-bond donors (Lipinski definition) is 1. The van der Waals surface area contributed by atoms with Crippen molar-refractivity contribution in [2.75, 3.05) is 0 Å². The Morgan fingerprint density at radius 3 is 2.20 bits per heavy atom. The van der Waals surface area contributed by atoms with Gasteiger partial charge in [0.05, 0.1) is 6.07 Å². The third kappa shape index (κ3) is 1.39. The Bertz CT molecular complexity index is 185. The zero-order chi connectivity index (χ0) is 8.36. The summed E-state index contributed by atoms with van der Waals surface area (Å²) in [6.45, 7) is 3.18. The highest BCUT2D eigenvalue weighted by molar-refractivity contribution is 6.36. The zero-order valence-corrected chi connectivity index (χ0v) is 6.51. The van der Waals surface area contributed by atoms with E-state index in [2.05, 4.69) is 0 Å². The van der Waals surface area contributed by atoms with Crippen LogP contribution in [0.3, 0.4) is 0 Å². The second kappa shape index (κ2) is 2.89. The van der Waals surface area contributed by atoms with Gasteiger partial charge in [-0.3, -0.25) is 0 Å². The minimum Gasteiger partial charge on any atom is -0.479 e. The summed E-state index contributed by atoms with van der Waals surface area (Å²) in [5.74, 6) is -1.68. The van der Waals surface area contributed by atoms with E-state index in [1.807, 2.05) is 0 Å². The van der Waals surface area contributed by atoms with E-state index < -0.39 is 16.8 Å². The molecule has 0 radical (unpaired) electrons. The maximum Gasteiger partial charge on any atom is 0.339 e. The van der Waals surface area contributed by atoms with Crippen LogP contribution in [0.25, 0.3) is 0 Å². The summed E-state index contributed by atoms with van der Waals surface area (Å²) in [5.41, 5.74) is 0. The maximum atomic E-state index is 10.3. The molecule has 0 amide bonds. The van der Waals surface area contributed by atoms with Gasteiger partial charge in [-0.05, 0) is 5.92 Å². The highest BCUT2D eigenvalue weighted by atomic mass is 35.5. The molecule has 0 aromatic carbocycles. The molecular formula is C6H8ClNO2. The average Bonchev–Trinajstić information content (AvgIpc) is 1.85. The Morgan fingerprint density at radius 2 is 2.20 bits per heavy atom. The molecule has 0 bridgehead atoms. The number of nitrogens with zero attached hydrogens (tertiary/aromatic N) is 1. The molecule has 0 fully saturated rings. The van der Waals surface area contributed by atoms with Crippen LogP contribution in [0.5, 0.6) is 0 Å². The molecule has 0 saturated carbocycles. The third-order valence-corrected chi connectivity index (χ3v) is 1.95. The number of alkyl halides is 1. The third-order valence-electron chi connectivity index (χ3n) is 1.27. The maximum absolute atomic E-state index is 10.3. The molecule has 0 aromatic heterocycles. The lowest BCUT2D eigenvalue weighted by Gasteiger charge is -2.16. The highest BCUT2D eigenvalue weighted by Gasteiger charge is 2.39. The molecule has 1 N–H and O–H groups in total. The van der Waals surface area contributed by atoms with E-state index in [9.17, 15) is 4.79 Å². The van der Waals surface area contributed by atoms with Gasteiger partial charge < -0.3 is 5.11 Å². The second-order valence-electron chi connectivity index (χ2n) is 2.28. The van der Waals surface area contributed by atoms with Gasteiger partial charge in [-0.1, -0.05) is 25.4 Å². The van der Waals surface area contributed by atoms with Gasteiger partial charge in [0.25, 0.3) is 0 Å². The molecule has 0 heterocycles. The van der Waals surface area contributed by atoms with Crippen molar-refractivity contribution in [2.24, 2.45) is 5.92 Å². The van der Waals surface area contributed by atoms with Crippen molar-refractivity contribution in [3.63, 3.8) is 0 Å². The van der Waals surface area contributed by atoms with Crippen LogP contribution in [0.15, 0.2) is 0 Å². The average molecular weight is 162 g/mol. The number of hydrogen-bond acceptors (Lipinski definition) is 2. The minimum absolute atomic E-state index is 0.392. The van der Waals surface area contributed by atoms with Crippen molar-refractivity contribution in [2.45, 2.75) is 18.7 Å². The van der Waals surface area contributed by atoms with Crippen molar-refractivity contribution >= 4 is 17.6 Å². The highest BCUT2D eigenvalue weighted by Crippen LogP contribution is 2.24. The number of carboxylic acid groups (broad SMARTS) is 1. The van der Waals surface area contributed by atoms with E-state index in [0.29, 0.717) is 0 Å². The fourth-order valence-electron chi connectivity index (χ4n) is 0.424. The van der Waals surface area contributed by atoms with E-state index in [0.717, 1.165) is 0 Å². The lowest BCUT2D eigenvalue weighted by Crippen LogP contribution is -2.36. The molecule has 0 aromatic rings. The van der Waals surface area contributed by atoms with Crippen molar-refractivity contribution in [1.82, 2.24) is 0 Å². The Balaban J connectivity index is 4.60. The van der Waals surface area contributed by atoms with Gasteiger partial charge in [0.15, 0.2) is 0 Å². The molecule has 1 atom stereocenters. The van der Waals surface area contributed by atoms with Crippen LogP contribution in [-0.4, -0.2) is 16.0 Å². The predicted molar refractivity (Wildman–Crippen MR) is 36.7 cm³/mol. The van der Waals surface area contributed by atoms with Crippen LogP contribution in [0.2, 0.25) is 0 Å². The number of carboxylic acids is 1. The van der Waals surface area contributed by atoms with Crippen LogP contribution in [0.4, 0.5) is 0 Å². The SMILES string of the molecule is CC(C)C(Cl)(C#N)C(=O)O. The minimum atomic E-state index is -1.76. The van der Waals surface area contributed by atoms with Gasteiger partial charge in [0.1, 0.15) is 0 Å². The molecule has 0 aliphatic rings. The molecule has 0 aliphatic heterocycles. The lowest BCUT2D eigenvalue weighted by molar-refractivity contribution is -0.139. The molecule has 0 aliphatic carbocycles. The number of aliphatic carboxylic acids is 1. The molecule has 0 spiro atoms. The van der Waals surface area contributed by atoms with Crippen molar-refractivity contribution in [3.05, 3.63) is 0 Å². The van der Waals surface area contributed by atoms with Gasteiger partial charge in [-0.15, -0.1) is 0 Å². The first-order valence-corrected chi connectivity index (χ1v) is 3.16. The van der Waals surface area contributed by atoms with Crippen molar-refractivity contribution < 1.29 is 9.90 Å². The molecular weight excluding hydrogens is 154 g/mol. The molecule has 0 saturated heterocycles. The number of halogens is 1. The van der Waals surface area contributed by atoms with Crippen LogP contribution in [-0.2, 0) is 4.79 Å². The standard InChI is InChI=1S/C6H8ClNO2/c1-4(2)6(7,3-8)5(9)10/h4H,1-2H3,(H,9,10). The van der Waals surface area contributed by atoms with E-state index in [1.165, 1.54) is 0 Å². The normalized spacial score (nSPS) is 15.9. The van der Waals surface area contributed by atoms with E-state index in [4.69, 9.17) is 22.0 Å². The summed E-state index contributed by atoms with van der Waals surface area (Å²) in [7, 11) is 0. The predicted octanol–water partition coefficient (Wildman–Crippen LogP) is 1.23. The Morgan fingerprint density at radius 1 is 1.80 bits per heavy atom. The molecule has 10 heavy (non-hydrogen) atoms. The fourth-order valence-corrected chi connectivity index (χ4v) is 0.424. The summed E-state index contributed by atoms with van der Waals surface area (Å²) in [5, 5.41) is 16.8. The van der Waals surface area contributed by atoms with Gasteiger partial charge in [0, 0.05) is 0 Å². The van der Waals surface area contributed by atoms with Gasteiger partial charge in [0.2, 0.25) is 4.87 Å². The summed E-state index contributed by atoms with van der Waals surface area (Å²) >= 11 is 5.43. The summed E-state index contributed by atoms with van der Waals surface area (Å²) in [6, 6.07) is 1.54. The summed E-state index contributed by atoms with van der Waals surface area (Å²) < 4.78 is 0. The summed E-state index contributed by atoms with van der Waals surface area (Å²) in [4.78, 5) is 8.58. The zero-order valence-electron chi connectivity index (χ0n) is 5.76. The van der Waals surface area contributed by atoms with E-state index >= 15 is 0 Å². The lowest BCUT2D eigenvalue weighted by atomic mass is 9.97. The van der Waals surface area contributed by atoms with Gasteiger partial charge >= 0.3 is 5.97 Å². The van der Waals surface area contributed by atoms with Gasteiger partial charge in [-0.2, -0.15) is 5.26 Å². The first-order valence-electron chi connectivity index (χ1n) is 2.78. The molecule has 0 rings (SSSR count). The topological polar surface area (TPSA) is 61.1 Å². The molecule has 1 unspecified atom stereocenters. The molecule has 56 valence electrons. The first-order chi connectivity index (χ1) is 4.45. The Labute approximate surface area is 64.2 Å². The quantitative estimate of drug-likeness (QED) is 0.620. The number of nitriles is 1. The van der Waals surface area contributed by atoms with E-state index in [1.54, 1.807) is 19.9 Å². The fraction of sp³-hybridized carbons (Fsp3) is 0.667. The van der Waals surface area contributed by atoms with Crippen molar-refractivity contribution in [3.8, 4) is 6.07 Å². The Hall–Kier alpha value is -0.750. The van der Waals surface area contributed by atoms with E-state index in [-0.39, 0.29) is 0 Å². The van der Waals surface area contributed by atoms with Crippen LogP contribution >= 0.6 is 11.6 Å². The molecule has 3 nitrogen and oxygen atoms in total. The number of rotatable bonds is 2. The van der Waals surface area contributed by atoms with Crippen LogP contribution in [0.1, 0.15) is 13.8 Å². The second-order valence-corrected chi connectivity index (χ2v) is 2.88.